The molecule has 4 aliphatic carbocycles. The second-order valence-corrected chi connectivity index (χ2v) is 17.3. The van der Waals surface area contributed by atoms with Crippen LogP contribution >= 0.6 is 0 Å². The normalized spacial score (nSPS) is 50.9. The molecule has 5 rings (SSSR count). The summed E-state index contributed by atoms with van der Waals surface area (Å²) < 4.78 is 46.6. The van der Waals surface area contributed by atoms with Gasteiger partial charge in [-0.25, -0.2) is 4.18 Å². The molecule has 15 heteroatoms. The van der Waals surface area contributed by atoms with Gasteiger partial charge in [-0.1, -0.05) is 46.8 Å². The van der Waals surface area contributed by atoms with Gasteiger partial charge >= 0.3 is 10.4 Å². The van der Waals surface area contributed by atoms with E-state index in [1.807, 2.05) is 39.8 Å². The molecule has 0 aromatic heterocycles. The quantitative estimate of drug-likeness (QED) is 0.114. The molecular weight excluding hydrogens is 652 g/mol. The molecule has 0 bridgehead atoms. The number of hydrogen-bond acceptors (Lipinski definition) is 13. The maximum Gasteiger partial charge on any atom is 0.399 e. The van der Waals surface area contributed by atoms with E-state index in [2.05, 4.69) is 11.1 Å². The molecule has 1 aliphatic heterocycles. The fourth-order valence-corrected chi connectivity index (χ4v) is 11.1. The summed E-state index contributed by atoms with van der Waals surface area (Å²) in [6, 6.07) is 0. The zero-order chi connectivity index (χ0) is 35.7. The summed E-state index contributed by atoms with van der Waals surface area (Å²) in [6.07, 6.45) is -5.92. The molecule has 0 spiro atoms. The van der Waals surface area contributed by atoms with Crippen LogP contribution in [0.1, 0.15) is 73.1 Å². The van der Waals surface area contributed by atoms with Crippen molar-refractivity contribution < 1.29 is 67.5 Å². The molecule has 9 N–H and O–H groups in total. The fourth-order valence-electron chi connectivity index (χ4n) is 10.7. The summed E-state index contributed by atoms with van der Waals surface area (Å²) in [5.41, 5.74) is -2.47. The molecule has 0 radical (unpaired) electrons. The summed E-state index contributed by atoms with van der Waals surface area (Å²) >= 11 is 0. The van der Waals surface area contributed by atoms with E-state index in [-0.39, 0.29) is 42.6 Å². The van der Waals surface area contributed by atoms with Crippen LogP contribution in [0.5, 0.6) is 0 Å². The van der Waals surface area contributed by atoms with Crippen LogP contribution in [0.15, 0.2) is 12.2 Å². The Balaban J connectivity index is 1.31. The summed E-state index contributed by atoms with van der Waals surface area (Å²) in [5.74, 6) is -2.03. The third-order valence-corrected chi connectivity index (χ3v) is 13.5. The maximum atomic E-state index is 12.5. The topological polar surface area (TPSA) is 244 Å². The Labute approximate surface area is 282 Å². The molecule has 1 heterocycles. The molecule has 5 aliphatic rings. The molecule has 48 heavy (non-hydrogen) atoms. The van der Waals surface area contributed by atoms with Crippen molar-refractivity contribution in [3.63, 3.8) is 0 Å². The lowest BCUT2D eigenvalue weighted by Gasteiger charge is -2.65. The van der Waals surface area contributed by atoms with Crippen molar-refractivity contribution in [2.45, 2.75) is 134 Å². The number of aliphatic hydroxyl groups is 8. The Bertz CT molecular complexity index is 1280. The van der Waals surface area contributed by atoms with Gasteiger partial charge < -0.3 is 50.3 Å². The summed E-state index contributed by atoms with van der Waals surface area (Å²) in [7, 11) is -5.06. The zero-order valence-corrected chi connectivity index (χ0v) is 29.1. The highest BCUT2D eigenvalue weighted by atomic mass is 32.3. The largest absolute Gasteiger partial charge is 0.399 e. The second-order valence-electron chi connectivity index (χ2n) is 16.2. The van der Waals surface area contributed by atoms with Crippen molar-refractivity contribution in [2.24, 2.45) is 52.3 Å². The lowest BCUT2D eigenvalue weighted by Crippen LogP contribution is -2.68. The van der Waals surface area contributed by atoms with Crippen molar-refractivity contribution in [2.75, 3.05) is 6.61 Å². The number of hydrogen-bond donors (Lipinski definition) is 9. The lowest BCUT2D eigenvalue weighted by molar-refractivity contribution is -0.334. The zero-order valence-electron chi connectivity index (χ0n) is 28.3. The van der Waals surface area contributed by atoms with E-state index in [4.69, 9.17) is 14.0 Å². The molecule has 0 aromatic rings. The van der Waals surface area contributed by atoms with Crippen molar-refractivity contribution in [3.05, 3.63) is 12.2 Å². The molecule has 0 aromatic carbocycles. The summed E-state index contributed by atoms with van der Waals surface area (Å²) in [6.45, 7) is 9.85. The number of allylic oxidation sites excluding steroid dienone is 1. The van der Waals surface area contributed by atoms with Gasteiger partial charge in [-0.3, -0.25) is 4.55 Å². The van der Waals surface area contributed by atoms with Gasteiger partial charge in [-0.15, -0.1) is 0 Å². The number of rotatable bonds is 9. The molecule has 3 unspecified atom stereocenters. The third-order valence-electron chi connectivity index (χ3n) is 13.1. The Kier molecular flexibility index (Phi) is 10.9. The van der Waals surface area contributed by atoms with E-state index in [0.717, 1.165) is 0 Å². The van der Waals surface area contributed by atoms with Crippen LogP contribution in [0.2, 0.25) is 0 Å². The monoisotopic (exact) mass is 708 g/mol. The molecule has 0 amide bonds. The molecule has 1 saturated heterocycles. The molecule has 5 fully saturated rings. The first-order valence-corrected chi connectivity index (χ1v) is 18.6. The predicted molar refractivity (Wildman–Crippen MR) is 169 cm³/mol. The third kappa shape index (κ3) is 6.66. The van der Waals surface area contributed by atoms with Gasteiger partial charge in [0.25, 0.3) is 0 Å². The van der Waals surface area contributed by atoms with Crippen LogP contribution in [-0.4, -0.2) is 121 Å². The maximum absolute atomic E-state index is 12.5. The van der Waals surface area contributed by atoms with Crippen LogP contribution in [0.25, 0.3) is 0 Å². The van der Waals surface area contributed by atoms with Gasteiger partial charge in [0.2, 0.25) is 6.29 Å². The molecule has 18 atom stereocenters. The minimum Gasteiger partial charge on any atom is -0.393 e. The van der Waals surface area contributed by atoms with Gasteiger partial charge in [0.05, 0.1) is 36.6 Å². The van der Waals surface area contributed by atoms with E-state index >= 15 is 0 Å². The van der Waals surface area contributed by atoms with Crippen LogP contribution in [0.4, 0.5) is 0 Å². The molecule has 4 saturated carbocycles. The van der Waals surface area contributed by atoms with Gasteiger partial charge in [0.1, 0.15) is 18.3 Å². The highest BCUT2D eigenvalue weighted by Crippen LogP contribution is 2.69. The number of aliphatic hydroxyl groups excluding tert-OH is 7. The Morgan fingerprint density at radius 2 is 1.48 bits per heavy atom. The first kappa shape index (κ1) is 38.4. The average Bonchev–Trinajstić information content (AvgIpc) is 3.18. The van der Waals surface area contributed by atoms with Gasteiger partial charge in [0, 0.05) is 18.3 Å². The predicted octanol–water partition coefficient (Wildman–Crippen LogP) is 0.0991. The minimum absolute atomic E-state index is 0.0143. The number of ether oxygens (including phenoxy) is 2. The average molecular weight is 709 g/mol. The summed E-state index contributed by atoms with van der Waals surface area (Å²) in [5, 5.41) is 88.1. The fraction of sp³-hybridized carbons (Fsp3) is 0.939. The first-order valence-electron chi connectivity index (χ1n) is 17.3. The van der Waals surface area contributed by atoms with Crippen LogP contribution in [0, 0.1) is 52.3 Å². The Hall–Kier alpha value is -0.790. The van der Waals surface area contributed by atoms with Gasteiger partial charge in [-0.2, -0.15) is 8.42 Å². The molecular formula is C33H56O14S. The van der Waals surface area contributed by atoms with E-state index < -0.39 is 94.0 Å². The highest BCUT2D eigenvalue weighted by molar-refractivity contribution is 7.80. The van der Waals surface area contributed by atoms with E-state index in [1.165, 1.54) is 0 Å². The van der Waals surface area contributed by atoms with E-state index in [1.54, 1.807) is 0 Å². The number of fused-ring (bicyclic) bond motifs is 5. The van der Waals surface area contributed by atoms with Gasteiger partial charge in [0.15, 0.2) is 6.29 Å². The second kappa shape index (κ2) is 13.6. The van der Waals surface area contributed by atoms with E-state index in [0.29, 0.717) is 32.1 Å². The smallest absolute Gasteiger partial charge is 0.393 e. The van der Waals surface area contributed by atoms with Crippen LogP contribution < -0.4 is 0 Å². The first-order chi connectivity index (χ1) is 22.2. The van der Waals surface area contributed by atoms with Crippen LogP contribution in [-0.2, 0) is 24.1 Å². The van der Waals surface area contributed by atoms with Gasteiger partial charge in [-0.05, 0) is 72.5 Å². The molecule has 278 valence electrons. The Morgan fingerprint density at radius 3 is 2.10 bits per heavy atom. The minimum atomic E-state index is -5.06. The van der Waals surface area contributed by atoms with Crippen molar-refractivity contribution in [3.8, 4) is 0 Å². The standard InChI is InChI=1S/C33H56O14S/c1-15(2)17(14-45-29-26(39)24(37)27(40)30(46-29)47-48(42,43)44)7-6-16(3)22-23(36)25(38)28-32(22,5)11-9-21-31(4)10-8-18(34)12-19(31)20(35)13-33(21,28)41/h6-7,15-30,34-41H,8-14H2,1-5H3,(H,42,43,44)/b7-6+/t16-,17-,18+,19?,20+,21?,22+,23-,24-,25-,26-,27+,28?,29-,30-,31+,32-,33+/m1/s1. The Morgan fingerprint density at radius 1 is 0.854 bits per heavy atom. The van der Waals surface area contributed by atoms with Crippen LogP contribution in [0.3, 0.4) is 0 Å². The van der Waals surface area contributed by atoms with Crippen molar-refractivity contribution in [1.29, 1.82) is 0 Å². The lowest BCUT2D eigenvalue weighted by atomic mass is 9.42. The van der Waals surface area contributed by atoms with E-state index in [9.17, 15) is 49.3 Å². The SMILES string of the molecule is CC(C)[C@H](/C=C/[C@@H](C)[C@H]1[C@@H](O)[C@@H](O)C2[C@]3(O)C[C@H](O)C4C[C@@H](O)CC[C@]4(C)C3CC[C@@]21C)CO[C@@H]1O[C@H](OS(=O)(=O)O)[C@@H](O)[C@H](O)[C@H]1O. The van der Waals surface area contributed by atoms with Crippen molar-refractivity contribution >= 4 is 10.4 Å². The molecule has 14 nitrogen and oxygen atoms in total. The van der Waals surface area contributed by atoms with Crippen molar-refractivity contribution in [1.82, 2.24) is 0 Å². The highest BCUT2D eigenvalue weighted by Gasteiger charge is 2.72. The summed E-state index contributed by atoms with van der Waals surface area (Å²) in [4.78, 5) is 0.